The van der Waals surface area contributed by atoms with E-state index < -0.39 is 0 Å². The minimum absolute atomic E-state index is 0.164. The summed E-state index contributed by atoms with van der Waals surface area (Å²) in [6, 6.07) is 0. The lowest BCUT2D eigenvalue weighted by Gasteiger charge is -2.30. The Morgan fingerprint density at radius 2 is 2.50 bits per heavy atom. The van der Waals surface area contributed by atoms with Gasteiger partial charge in [0.2, 0.25) is 6.29 Å². The zero-order valence-corrected chi connectivity index (χ0v) is 8.84. The van der Waals surface area contributed by atoms with Crippen LogP contribution in [-0.2, 0) is 23.7 Å². The summed E-state index contributed by atoms with van der Waals surface area (Å²) in [6.45, 7) is 0.589. The predicted molar refractivity (Wildman–Crippen MR) is 50.1 cm³/mol. The third-order valence-corrected chi connectivity index (χ3v) is 4.23. The van der Waals surface area contributed by atoms with Crippen LogP contribution in [-0.4, -0.2) is 37.7 Å². The molecule has 0 aromatic rings. The molecule has 4 aliphatic rings. The van der Waals surface area contributed by atoms with Gasteiger partial charge in [-0.25, -0.2) is 4.79 Å². The smallest absolute Gasteiger partial charge is 0.337 e. The van der Waals surface area contributed by atoms with Crippen molar-refractivity contribution in [2.24, 2.45) is 11.8 Å². The number of rotatable bonds is 1. The zero-order chi connectivity index (χ0) is 10.9. The largest absolute Gasteiger partial charge is 0.472 e. The molecule has 0 radical (unpaired) electrons. The van der Waals surface area contributed by atoms with Crippen LogP contribution >= 0.6 is 0 Å². The predicted octanol–water partition coefficient (Wildman–Crippen LogP) is 0.203. The summed E-state index contributed by atoms with van der Waals surface area (Å²) < 4.78 is 21.4. The molecule has 0 bridgehead atoms. The number of esters is 1. The van der Waals surface area contributed by atoms with Crippen molar-refractivity contribution < 1.29 is 23.7 Å². The first-order valence-electron chi connectivity index (χ1n) is 5.49. The first-order chi connectivity index (χ1) is 7.76. The van der Waals surface area contributed by atoms with Crippen molar-refractivity contribution in [3.63, 3.8) is 0 Å². The fourth-order valence-electron chi connectivity index (χ4n) is 3.44. The highest BCUT2D eigenvalue weighted by atomic mass is 16.7. The quantitative estimate of drug-likeness (QED) is 0.470. The highest BCUT2D eigenvalue weighted by Crippen LogP contribution is 2.64. The first kappa shape index (κ1) is 9.01. The molecule has 2 unspecified atom stereocenters. The molecule has 3 aliphatic heterocycles. The summed E-state index contributed by atoms with van der Waals surface area (Å²) >= 11 is 0. The number of epoxide rings is 1. The monoisotopic (exact) mass is 224 g/mol. The number of carbonyl (C=O) groups excluding carboxylic acids is 1. The second-order valence-electron chi connectivity index (χ2n) is 4.81. The lowest BCUT2D eigenvalue weighted by molar-refractivity contribution is -0.142. The molecular formula is C11H12O5. The molecule has 5 nitrogen and oxygen atoms in total. The van der Waals surface area contributed by atoms with E-state index in [2.05, 4.69) is 0 Å². The summed E-state index contributed by atoms with van der Waals surface area (Å²) in [7, 11) is 1.39. The zero-order valence-electron chi connectivity index (χ0n) is 8.84. The molecule has 5 atom stereocenters. The Morgan fingerprint density at radius 1 is 1.62 bits per heavy atom. The molecule has 16 heavy (non-hydrogen) atoms. The second kappa shape index (κ2) is 2.60. The van der Waals surface area contributed by atoms with Crippen molar-refractivity contribution in [1.82, 2.24) is 0 Å². The van der Waals surface area contributed by atoms with E-state index in [1.54, 1.807) is 0 Å². The average Bonchev–Trinajstić information content (AvgIpc) is 2.70. The molecule has 0 aromatic heterocycles. The number of hydrogen-bond donors (Lipinski definition) is 0. The summed E-state index contributed by atoms with van der Waals surface area (Å²) in [5, 5.41) is 0. The van der Waals surface area contributed by atoms with E-state index in [0.717, 1.165) is 6.42 Å². The molecule has 5 heteroatoms. The number of ether oxygens (including phenoxy) is 4. The standard InChI is InChI=1S/C11H12O5/c1-13-9(12)6-3-14-10-8-5(6)2-7-11(8,16-7)4-15-10/h3,5,7-8,10H,2,4H2,1H3/t5-,7?,8-,10-,11?/m1/s1. The van der Waals surface area contributed by atoms with E-state index in [4.69, 9.17) is 18.9 Å². The van der Waals surface area contributed by atoms with Gasteiger partial charge < -0.3 is 18.9 Å². The molecule has 2 saturated heterocycles. The van der Waals surface area contributed by atoms with Gasteiger partial charge in [0.15, 0.2) is 0 Å². The Bertz CT molecular complexity index is 403. The van der Waals surface area contributed by atoms with Gasteiger partial charge in [-0.2, -0.15) is 0 Å². The Hall–Kier alpha value is -1.07. The van der Waals surface area contributed by atoms with E-state index in [1.807, 2.05) is 0 Å². The van der Waals surface area contributed by atoms with Crippen molar-refractivity contribution in [3.05, 3.63) is 11.8 Å². The van der Waals surface area contributed by atoms with Gasteiger partial charge in [-0.1, -0.05) is 0 Å². The molecular weight excluding hydrogens is 212 g/mol. The van der Waals surface area contributed by atoms with Crippen molar-refractivity contribution in [2.75, 3.05) is 13.7 Å². The lowest BCUT2D eigenvalue weighted by Crippen LogP contribution is -2.36. The number of hydrogen-bond acceptors (Lipinski definition) is 5. The molecule has 1 aliphatic carbocycles. The third-order valence-electron chi connectivity index (χ3n) is 4.23. The van der Waals surface area contributed by atoms with Crippen molar-refractivity contribution in [2.45, 2.75) is 24.4 Å². The lowest BCUT2D eigenvalue weighted by atomic mass is 9.83. The Morgan fingerprint density at radius 3 is 3.31 bits per heavy atom. The van der Waals surface area contributed by atoms with Gasteiger partial charge in [-0.05, 0) is 6.42 Å². The van der Waals surface area contributed by atoms with E-state index in [1.165, 1.54) is 13.4 Å². The van der Waals surface area contributed by atoms with Crippen LogP contribution in [0.25, 0.3) is 0 Å². The minimum Gasteiger partial charge on any atom is -0.472 e. The summed E-state index contributed by atoms with van der Waals surface area (Å²) in [5.41, 5.74) is 0.465. The van der Waals surface area contributed by atoms with Crippen molar-refractivity contribution in [1.29, 1.82) is 0 Å². The third kappa shape index (κ3) is 0.836. The molecule has 4 rings (SSSR count). The normalized spacial score (nSPS) is 51.2. The summed E-state index contributed by atoms with van der Waals surface area (Å²) in [5.74, 6) is 0.0378. The summed E-state index contributed by atoms with van der Waals surface area (Å²) in [4.78, 5) is 11.6. The number of methoxy groups -OCH3 is 1. The van der Waals surface area contributed by atoms with E-state index in [9.17, 15) is 4.79 Å². The van der Waals surface area contributed by atoms with Crippen LogP contribution < -0.4 is 0 Å². The summed E-state index contributed by atoms with van der Waals surface area (Å²) in [6.07, 6.45) is 2.38. The van der Waals surface area contributed by atoms with Gasteiger partial charge in [-0.3, -0.25) is 0 Å². The Labute approximate surface area is 92.3 Å². The van der Waals surface area contributed by atoms with Crippen LogP contribution in [0.5, 0.6) is 0 Å². The molecule has 86 valence electrons. The molecule has 0 aromatic carbocycles. The highest BCUT2D eigenvalue weighted by Gasteiger charge is 2.76. The topological polar surface area (TPSA) is 57.3 Å². The van der Waals surface area contributed by atoms with Crippen LogP contribution in [0.15, 0.2) is 11.8 Å². The molecule has 1 spiro atoms. The fourth-order valence-corrected chi connectivity index (χ4v) is 3.44. The first-order valence-corrected chi connectivity index (χ1v) is 5.49. The van der Waals surface area contributed by atoms with Gasteiger partial charge in [0.1, 0.15) is 5.60 Å². The second-order valence-corrected chi connectivity index (χ2v) is 4.81. The number of carbonyl (C=O) groups is 1. The van der Waals surface area contributed by atoms with Crippen LogP contribution in [0.3, 0.4) is 0 Å². The molecule has 1 saturated carbocycles. The van der Waals surface area contributed by atoms with Crippen molar-refractivity contribution in [3.8, 4) is 0 Å². The van der Waals surface area contributed by atoms with Crippen LogP contribution in [0, 0.1) is 11.8 Å². The molecule has 0 amide bonds. The van der Waals surface area contributed by atoms with E-state index >= 15 is 0 Å². The van der Waals surface area contributed by atoms with Gasteiger partial charge in [0, 0.05) is 5.92 Å². The van der Waals surface area contributed by atoms with Crippen LogP contribution in [0.1, 0.15) is 6.42 Å². The maximum atomic E-state index is 11.6. The maximum absolute atomic E-state index is 11.6. The van der Waals surface area contributed by atoms with Gasteiger partial charge in [0.25, 0.3) is 0 Å². The molecule has 3 fully saturated rings. The Balaban J connectivity index is 1.73. The SMILES string of the molecule is COC(=O)C1=CO[C@@H]2OCC34OC3C[C@H]1[C@H]24. The molecule has 0 N–H and O–H groups in total. The van der Waals surface area contributed by atoms with Gasteiger partial charge in [0.05, 0.1) is 37.6 Å². The van der Waals surface area contributed by atoms with E-state index in [0.29, 0.717) is 12.2 Å². The van der Waals surface area contributed by atoms with E-state index in [-0.39, 0.29) is 35.8 Å². The molecule has 3 heterocycles. The van der Waals surface area contributed by atoms with Crippen LogP contribution in [0.2, 0.25) is 0 Å². The average molecular weight is 224 g/mol. The maximum Gasteiger partial charge on any atom is 0.337 e. The van der Waals surface area contributed by atoms with Crippen LogP contribution in [0.4, 0.5) is 0 Å². The fraction of sp³-hybridized carbons (Fsp3) is 0.727. The van der Waals surface area contributed by atoms with Gasteiger partial charge in [-0.15, -0.1) is 0 Å². The van der Waals surface area contributed by atoms with Crippen molar-refractivity contribution >= 4 is 5.97 Å². The highest BCUT2D eigenvalue weighted by molar-refractivity contribution is 5.89. The Kier molecular flexibility index (Phi) is 1.46. The van der Waals surface area contributed by atoms with Gasteiger partial charge >= 0.3 is 5.97 Å². The minimum atomic E-state index is -0.299.